The Labute approximate surface area is 114 Å². The zero-order valence-corrected chi connectivity index (χ0v) is 11.7. The van der Waals surface area contributed by atoms with Crippen LogP contribution in [0.25, 0.3) is 0 Å². The molecule has 0 N–H and O–H groups in total. The molecule has 0 aliphatic heterocycles. The average Bonchev–Trinajstić information content (AvgIpc) is 2.37. The van der Waals surface area contributed by atoms with Crippen molar-refractivity contribution in [3.05, 3.63) is 65.2 Å². The molecule has 0 saturated heterocycles. The molecule has 0 aliphatic carbocycles. The van der Waals surface area contributed by atoms with E-state index in [9.17, 15) is 8.42 Å². The van der Waals surface area contributed by atoms with Crippen molar-refractivity contribution in [3.63, 3.8) is 0 Å². The van der Waals surface area contributed by atoms with Gasteiger partial charge >= 0.3 is 0 Å². The maximum atomic E-state index is 12.0. The first kappa shape index (κ1) is 13.4. The van der Waals surface area contributed by atoms with Crippen LogP contribution in [0.1, 0.15) is 16.7 Å². The van der Waals surface area contributed by atoms with E-state index in [1.165, 1.54) is 0 Å². The summed E-state index contributed by atoms with van der Waals surface area (Å²) >= 11 is 0. The van der Waals surface area contributed by atoms with Gasteiger partial charge in [-0.1, -0.05) is 29.8 Å². The van der Waals surface area contributed by atoms with Gasteiger partial charge in [-0.25, -0.2) is 8.42 Å². The van der Waals surface area contributed by atoms with Crippen molar-refractivity contribution < 1.29 is 8.42 Å². The Bertz CT molecular complexity index is 745. The summed E-state index contributed by atoms with van der Waals surface area (Å²) in [5.41, 5.74) is 2.78. The lowest BCUT2D eigenvalue weighted by atomic mass is 10.1. The lowest BCUT2D eigenvalue weighted by Gasteiger charge is -1.97. The minimum atomic E-state index is -3.55. The Morgan fingerprint density at radius 2 is 1.58 bits per heavy atom. The molecule has 0 bridgehead atoms. The minimum absolute atomic E-state index is 0.234. The molecule has 2 nitrogen and oxygen atoms in total. The summed E-state index contributed by atoms with van der Waals surface area (Å²) in [7, 11) is -3.55. The highest BCUT2D eigenvalue weighted by Crippen LogP contribution is 2.11. The molecule has 0 aliphatic rings. The summed E-state index contributed by atoms with van der Waals surface area (Å²) in [5.74, 6) is 2.70. The fourth-order valence-electron chi connectivity index (χ4n) is 1.63. The van der Waals surface area contributed by atoms with Crippen molar-refractivity contribution in [2.24, 2.45) is 0 Å². The molecular formula is C16H14O2S. The standard InChI is InChI=1S/C16H14O2S/c1-13-6-8-16(9-7-13)19(17,18)11-10-15-5-3-4-14(2)12-15/h3-9,12H,1-2H3. The van der Waals surface area contributed by atoms with E-state index in [0.717, 1.165) is 11.1 Å². The van der Waals surface area contributed by atoms with Crippen molar-refractivity contribution in [1.29, 1.82) is 0 Å². The van der Waals surface area contributed by atoms with Gasteiger partial charge in [-0.2, -0.15) is 0 Å². The van der Waals surface area contributed by atoms with E-state index < -0.39 is 9.84 Å². The molecule has 0 heterocycles. The van der Waals surface area contributed by atoms with Crippen molar-refractivity contribution >= 4 is 9.84 Å². The van der Waals surface area contributed by atoms with Gasteiger partial charge in [0.1, 0.15) is 0 Å². The molecule has 2 aromatic carbocycles. The summed E-state index contributed by atoms with van der Waals surface area (Å²) in [4.78, 5) is 0.234. The topological polar surface area (TPSA) is 34.1 Å². The molecule has 0 radical (unpaired) electrons. The van der Waals surface area contributed by atoms with E-state index in [0.29, 0.717) is 5.56 Å². The van der Waals surface area contributed by atoms with Crippen LogP contribution in [0.5, 0.6) is 0 Å². The zero-order chi connectivity index (χ0) is 13.9. The van der Waals surface area contributed by atoms with E-state index in [2.05, 4.69) is 11.2 Å². The van der Waals surface area contributed by atoms with E-state index in [1.54, 1.807) is 30.3 Å². The third kappa shape index (κ3) is 3.46. The molecule has 0 spiro atoms. The normalized spacial score (nSPS) is 10.6. The van der Waals surface area contributed by atoms with Gasteiger partial charge in [-0.15, -0.1) is 0 Å². The Hall–Kier alpha value is -2.05. The molecule has 3 heteroatoms. The number of rotatable bonds is 1. The Kier molecular flexibility index (Phi) is 3.73. The van der Waals surface area contributed by atoms with Gasteiger partial charge in [0.25, 0.3) is 0 Å². The SMILES string of the molecule is Cc1ccc(S(=O)(=O)C#Cc2cccc(C)c2)cc1. The first-order valence-electron chi connectivity index (χ1n) is 5.88. The number of benzene rings is 2. The van der Waals surface area contributed by atoms with Gasteiger partial charge in [0.15, 0.2) is 0 Å². The van der Waals surface area contributed by atoms with Crippen LogP contribution in [-0.2, 0) is 9.84 Å². The Morgan fingerprint density at radius 3 is 2.21 bits per heavy atom. The number of hydrogen-bond donors (Lipinski definition) is 0. The highest BCUT2D eigenvalue weighted by atomic mass is 32.2. The van der Waals surface area contributed by atoms with Gasteiger partial charge in [0.05, 0.1) is 4.90 Å². The van der Waals surface area contributed by atoms with Crippen molar-refractivity contribution in [3.8, 4) is 11.2 Å². The summed E-state index contributed by atoms with van der Waals surface area (Å²) < 4.78 is 24.1. The molecule has 0 amide bonds. The van der Waals surface area contributed by atoms with Gasteiger partial charge in [-0.3, -0.25) is 0 Å². The summed E-state index contributed by atoms with van der Waals surface area (Å²) in [6, 6.07) is 14.1. The molecule has 96 valence electrons. The maximum Gasteiger partial charge on any atom is 0.245 e. The van der Waals surface area contributed by atoms with Gasteiger partial charge in [0.2, 0.25) is 9.84 Å². The highest BCUT2D eigenvalue weighted by molar-refractivity contribution is 7.96. The predicted octanol–water partition coefficient (Wildman–Crippen LogP) is 3.09. The second kappa shape index (κ2) is 5.29. The summed E-state index contributed by atoms with van der Waals surface area (Å²) in [6.07, 6.45) is 0. The Balaban J connectivity index is 2.35. The first-order chi connectivity index (χ1) is 8.97. The van der Waals surface area contributed by atoms with Crippen molar-refractivity contribution in [1.82, 2.24) is 0 Å². The molecular weight excluding hydrogens is 256 g/mol. The van der Waals surface area contributed by atoms with Crippen LogP contribution < -0.4 is 0 Å². The monoisotopic (exact) mass is 270 g/mol. The summed E-state index contributed by atoms with van der Waals surface area (Å²) in [5, 5.41) is 2.36. The molecule has 0 saturated carbocycles. The molecule has 2 rings (SSSR count). The molecule has 19 heavy (non-hydrogen) atoms. The first-order valence-corrected chi connectivity index (χ1v) is 7.37. The van der Waals surface area contributed by atoms with Crippen molar-refractivity contribution in [2.45, 2.75) is 18.7 Å². The fourth-order valence-corrected chi connectivity index (χ4v) is 2.49. The third-order valence-electron chi connectivity index (χ3n) is 2.68. The zero-order valence-electron chi connectivity index (χ0n) is 10.8. The number of hydrogen-bond acceptors (Lipinski definition) is 2. The van der Waals surface area contributed by atoms with Gasteiger partial charge in [-0.05, 0) is 49.6 Å². The second-order valence-corrected chi connectivity index (χ2v) is 6.10. The number of sulfone groups is 1. The molecule has 0 atom stereocenters. The maximum absolute atomic E-state index is 12.0. The molecule has 0 aromatic heterocycles. The van der Waals surface area contributed by atoms with Crippen LogP contribution >= 0.6 is 0 Å². The second-order valence-electron chi connectivity index (χ2n) is 4.41. The average molecular weight is 270 g/mol. The molecule has 2 aromatic rings. The van der Waals surface area contributed by atoms with Crippen LogP contribution in [-0.4, -0.2) is 8.42 Å². The minimum Gasteiger partial charge on any atom is -0.210 e. The highest BCUT2D eigenvalue weighted by Gasteiger charge is 2.09. The number of aryl methyl sites for hydroxylation is 2. The fraction of sp³-hybridized carbons (Fsp3) is 0.125. The summed E-state index contributed by atoms with van der Waals surface area (Å²) in [6.45, 7) is 3.86. The van der Waals surface area contributed by atoms with Crippen molar-refractivity contribution in [2.75, 3.05) is 0 Å². The molecule has 0 unspecified atom stereocenters. The predicted molar refractivity (Wildman–Crippen MR) is 76.4 cm³/mol. The van der Waals surface area contributed by atoms with E-state index in [4.69, 9.17) is 0 Å². The van der Waals surface area contributed by atoms with E-state index >= 15 is 0 Å². The van der Waals surface area contributed by atoms with Crippen LogP contribution in [0.2, 0.25) is 0 Å². The van der Waals surface area contributed by atoms with Crippen LogP contribution in [0.3, 0.4) is 0 Å². The van der Waals surface area contributed by atoms with Crippen LogP contribution in [0, 0.1) is 25.0 Å². The smallest absolute Gasteiger partial charge is 0.210 e. The largest absolute Gasteiger partial charge is 0.245 e. The Morgan fingerprint density at radius 1 is 0.895 bits per heavy atom. The van der Waals surface area contributed by atoms with Gasteiger partial charge in [0, 0.05) is 10.8 Å². The lowest BCUT2D eigenvalue weighted by Crippen LogP contribution is -1.96. The lowest BCUT2D eigenvalue weighted by molar-refractivity contribution is 0.606. The van der Waals surface area contributed by atoms with Crippen LogP contribution in [0.15, 0.2) is 53.4 Å². The third-order valence-corrected chi connectivity index (χ3v) is 3.94. The van der Waals surface area contributed by atoms with Gasteiger partial charge < -0.3 is 0 Å². The quantitative estimate of drug-likeness (QED) is 0.746. The molecule has 0 fully saturated rings. The van der Waals surface area contributed by atoms with E-state index in [-0.39, 0.29) is 4.90 Å². The van der Waals surface area contributed by atoms with E-state index in [1.807, 2.05) is 32.0 Å². The van der Waals surface area contributed by atoms with Crippen LogP contribution in [0.4, 0.5) is 0 Å².